The molecule has 0 N–H and O–H groups in total. The molecule has 6 nitrogen and oxygen atoms in total. The molecule has 1 aliphatic heterocycles. The molecule has 1 amide bonds. The van der Waals surface area contributed by atoms with Crippen molar-refractivity contribution in [3.63, 3.8) is 0 Å². The molecular weight excluding hydrogens is 412 g/mol. The molecule has 7 heteroatoms. The zero-order chi connectivity index (χ0) is 21.8. The van der Waals surface area contributed by atoms with Gasteiger partial charge in [-0.05, 0) is 41.8 Å². The van der Waals surface area contributed by atoms with Gasteiger partial charge in [0, 0.05) is 19.2 Å². The predicted molar refractivity (Wildman–Crippen MR) is 120 cm³/mol. The van der Waals surface area contributed by atoms with E-state index in [0.717, 1.165) is 16.3 Å². The second-order valence-electron chi connectivity index (χ2n) is 7.36. The van der Waals surface area contributed by atoms with Gasteiger partial charge in [0.05, 0.1) is 17.7 Å². The van der Waals surface area contributed by atoms with Crippen molar-refractivity contribution in [1.82, 2.24) is 4.90 Å². The molecule has 1 aliphatic rings. The van der Waals surface area contributed by atoms with Crippen LogP contribution in [-0.2, 0) is 27.8 Å². The standard InChI is InChI=1S/C24H24N2O4S/c1-30-22-11-7-10-21(16-22)26(31(28,29)23-12-3-2-4-13-23)18-24(27)25-15-14-19-8-5-6-9-20(19)17-25/h2-13,16H,14-15,17-18H2,1H3. The smallest absolute Gasteiger partial charge is 0.264 e. The van der Waals surface area contributed by atoms with Gasteiger partial charge in [-0.15, -0.1) is 0 Å². The van der Waals surface area contributed by atoms with Gasteiger partial charge in [0.15, 0.2) is 0 Å². The first-order chi connectivity index (χ1) is 15.0. The highest BCUT2D eigenvalue weighted by atomic mass is 32.2. The van der Waals surface area contributed by atoms with Crippen LogP contribution in [0, 0.1) is 0 Å². The minimum atomic E-state index is -3.94. The van der Waals surface area contributed by atoms with E-state index >= 15 is 0 Å². The third-order valence-electron chi connectivity index (χ3n) is 5.43. The van der Waals surface area contributed by atoms with Gasteiger partial charge in [-0.25, -0.2) is 8.42 Å². The van der Waals surface area contributed by atoms with E-state index in [-0.39, 0.29) is 17.3 Å². The molecule has 4 rings (SSSR count). The number of carbonyl (C=O) groups is 1. The quantitative estimate of drug-likeness (QED) is 0.593. The van der Waals surface area contributed by atoms with E-state index in [1.807, 2.05) is 18.2 Å². The summed E-state index contributed by atoms with van der Waals surface area (Å²) in [5, 5.41) is 0. The molecule has 0 saturated heterocycles. The lowest BCUT2D eigenvalue weighted by molar-refractivity contribution is -0.130. The number of rotatable bonds is 6. The summed E-state index contributed by atoms with van der Waals surface area (Å²) in [5.74, 6) is 0.280. The summed E-state index contributed by atoms with van der Waals surface area (Å²) in [7, 11) is -2.42. The van der Waals surface area contributed by atoms with Crippen molar-refractivity contribution in [3.8, 4) is 5.75 Å². The van der Waals surface area contributed by atoms with Crippen LogP contribution in [-0.4, -0.2) is 39.4 Å². The first-order valence-electron chi connectivity index (χ1n) is 10.1. The Labute approximate surface area is 182 Å². The molecule has 0 spiro atoms. The molecule has 0 bridgehead atoms. The second-order valence-corrected chi connectivity index (χ2v) is 9.22. The summed E-state index contributed by atoms with van der Waals surface area (Å²) in [6.07, 6.45) is 0.756. The van der Waals surface area contributed by atoms with Crippen LogP contribution in [0.4, 0.5) is 5.69 Å². The van der Waals surface area contributed by atoms with E-state index in [4.69, 9.17) is 4.74 Å². The maximum absolute atomic E-state index is 13.5. The number of methoxy groups -OCH3 is 1. The van der Waals surface area contributed by atoms with Crippen molar-refractivity contribution >= 4 is 21.6 Å². The maximum Gasteiger partial charge on any atom is 0.264 e. The zero-order valence-corrected chi connectivity index (χ0v) is 18.1. The minimum absolute atomic E-state index is 0.134. The Hall–Kier alpha value is -3.32. The van der Waals surface area contributed by atoms with Crippen LogP contribution in [0.3, 0.4) is 0 Å². The fourth-order valence-electron chi connectivity index (χ4n) is 3.73. The fourth-order valence-corrected chi connectivity index (χ4v) is 5.16. The molecule has 31 heavy (non-hydrogen) atoms. The van der Waals surface area contributed by atoms with Gasteiger partial charge in [0.2, 0.25) is 5.91 Å². The number of fused-ring (bicyclic) bond motifs is 1. The molecule has 1 heterocycles. The van der Waals surface area contributed by atoms with Crippen molar-refractivity contribution < 1.29 is 17.9 Å². The third-order valence-corrected chi connectivity index (χ3v) is 7.22. The lowest BCUT2D eigenvalue weighted by Crippen LogP contribution is -2.44. The Morgan fingerprint density at radius 2 is 1.68 bits per heavy atom. The summed E-state index contributed by atoms with van der Waals surface area (Å²) in [4.78, 5) is 15.1. The molecule has 0 aliphatic carbocycles. The number of benzene rings is 3. The van der Waals surface area contributed by atoms with Gasteiger partial charge in [0.25, 0.3) is 10.0 Å². The van der Waals surface area contributed by atoms with Crippen molar-refractivity contribution in [2.75, 3.05) is 24.5 Å². The van der Waals surface area contributed by atoms with Gasteiger partial charge in [-0.2, -0.15) is 0 Å². The van der Waals surface area contributed by atoms with Gasteiger partial charge < -0.3 is 9.64 Å². The minimum Gasteiger partial charge on any atom is -0.497 e. The Kier molecular flexibility index (Phi) is 5.95. The Morgan fingerprint density at radius 1 is 0.968 bits per heavy atom. The number of nitrogens with zero attached hydrogens (tertiary/aromatic N) is 2. The number of anilines is 1. The molecular formula is C24H24N2O4S. The molecule has 0 radical (unpaired) electrons. The SMILES string of the molecule is COc1cccc(N(CC(=O)N2CCc3ccccc3C2)S(=O)(=O)c2ccccc2)c1. The van der Waals surface area contributed by atoms with Crippen molar-refractivity contribution in [2.45, 2.75) is 17.9 Å². The fraction of sp³-hybridized carbons (Fsp3) is 0.208. The largest absolute Gasteiger partial charge is 0.497 e. The summed E-state index contributed by atoms with van der Waals surface area (Å²) in [5.41, 5.74) is 2.71. The summed E-state index contributed by atoms with van der Waals surface area (Å²) in [6.45, 7) is 0.756. The number of ether oxygens (including phenoxy) is 1. The highest BCUT2D eigenvalue weighted by Crippen LogP contribution is 2.27. The van der Waals surface area contributed by atoms with Crippen molar-refractivity contribution in [2.24, 2.45) is 0 Å². The number of sulfonamides is 1. The van der Waals surface area contributed by atoms with Crippen molar-refractivity contribution in [1.29, 1.82) is 0 Å². The van der Waals surface area contributed by atoms with Crippen LogP contribution in [0.25, 0.3) is 0 Å². The van der Waals surface area contributed by atoms with Gasteiger partial charge >= 0.3 is 0 Å². The molecule has 0 saturated carbocycles. The van der Waals surface area contributed by atoms with E-state index < -0.39 is 10.0 Å². The molecule has 3 aromatic carbocycles. The lowest BCUT2D eigenvalue weighted by Gasteiger charge is -2.32. The van der Waals surface area contributed by atoms with E-state index in [9.17, 15) is 13.2 Å². The Bertz CT molecular complexity index is 1180. The number of hydrogen-bond donors (Lipinski definition) is 0. The van der Waals surface area contributed by atoms with E-state index in [1.54, 1.807) is 47.4 Å². The molecule has 0 fully saturated rings. The van der Waals surface area contributed by atoms with Crippen LogP contribution in [0.1, 0.15) is 11.1 Å². The number of hydrogen-bond acceptors (Lipinski definition) is 4. The van der Waals surface area contributed by atoms with E-state index in [1.165, 1.54) is 24.8 Å². The van der Waals surface area contributed by atoms with Crippen LogP contribution in [0.5, 0.6) is 5.75 Å². The van der Waals surface area contributed by atoms with E-state index in [0.29, 0.717) is 24.5 Å². The number of carbonyl (C=O) groups excluding carboxylic acids is 1. The maximum atomic E-state index is 13.5. The normalized spacial score (nSPS) is 13.4. The second kappa shape index (κ2) is 8.81. The first kappa shape index (κ1) is 20.9. The number of amides is 1. The van der Waals surface area contributed by atoms with E-state index in [2.05, 4.69) is 6.07 Å². The Balaban J connectivity index is 1.66. The van der Waals surface area contributed by atoms with Crippen LogP contribution in [0.2, 0.25) is 0 Å². The predicted octanol–water partition coefficient (Wildman–Crippen LogP) is 3.48. The van der Waals surface area contributed by atoms with Crippen LogP contribution in [0.15, 0.2) is 83.8 Å². The molecule has 0 unspecified atom stereocenters. The molecule has 160 valence electrons. The monoisotopic (exact) mass is 436 g/mol. The summed E-state index contributed by atoms with van der Waals surface area (Å²) >= 11 is 0. The third kappa shape index (κ3) is 4.41. The highest BCUT2D eigenvalue weighted by molar-refractivity contribution is 7.92. The zero-order valence-electron chi connectivity index (χ0n) is 17.3. The van der Waals surface area contributed by atoms with Gasteiger partial charge in [-0.1, -0.05) is 48.5 Å². The average Bonchev–Trinajstić information content (AvgIpc) is 2.82. The lowest BCUT2D eigenvalue weighted by atomic mass is 10.00. The van der Waals surface area contributed by atoms with Gasteiger partial charge in [-0.3, -0.25) is 9.10 Å². The Morgan fingerprint density at radius 3 is 2.42 bits per heavy atom. The summed E-state index contributed by atoms with van der Waals surface area (Å²) in [6, 6.07) is 22.9. The molecule has 0 atom stereocenters. The van der Waals surface area contributed by atoms with Crippen LogP contribution < -0.4 is 9.04 Å². The molecule has 0 aromatic heterocycles. The topological polar surface area (TPSA) is 66.9 Å². The summed E-state index contributed by atoms with van der Waals surface area (Å²) < 4.78 is 33.4. The van der Waals surface area contributed by atoms with Crippen LogP contribution >= 0.6 is 0 Å². The average molecular weight is 437 g/mol. The molecule has 3 aromatic rings. The first-order valence-corrected chi connectivity index (χ1v) is 11.5. The highest BCUT2D eigenvalue weighted by Gasteiger charge is 2.30. The van der Waals surface area contributed by atoms with Gasteiger partial charge in [0.1, 0.15) is 12.3 Å². The van der Waals surface area contributed by atoms with Crippen molar-refractivity contribution in [3.05, 3.63) is 90.0 Å².